The number of aromatic nitrogens is 5. The fourth-order valence-electron chi connectivity index (χ4n) is 3.36. The van der Waals surface area contributed by atoms with Crippen LogP contribution in [-0.4, -0.2) is 48.8 Å². The van der Waals surface area contributed by atoms with Gasteiger partial charge in [0.1, 0.15) is 0 Å². The molecule has 0 unspecified atom stereocenters. The minimum Gasteiger partial charge on any atom is -0.339 e. The molecule has 0 saturated carbocycles. The summed E-state index contributed by atoms with van der Waals surface area (Å²) in [6.45, 7) is 3.15. The van der Waals surface area contributed by atoms with Crippen LogP contribution in [0.2, 0.25) is 0 Å². The van der Waals surface area contributed by atoms with Gasteiger partial charge >= 0.3 is 0 Å². The molecular formula is C18H20N6O2. The minimum atomic E-state index is 0.00676. The molecule has 0 spiro atoms. The van der Waals surface area contributed by atoms with Crippen molar-refractivity contribution in [2.75, 3.05) is 13.1 Å². The van der Waals surface area contributed by atoms with Gasteiger partial charge in [0.05, 0.1) is 17.2 Å². The van der Waals surface area contributed by atoms with Crippen molar-refractivity contribution >= 4 is 5.91 Å². The molecule has 26 heavy (non-hydrogen) atoms. The van der Waals surface area contributed by atoms with Gasteiger partial charge in [0.2, 0.25) is 11.7 Å². The van der Waals surface area contributed by atoms with E-state index in [-0.39, 0.29) is 11.8 Å². The lowest BCUT2D eigenvalue weighted by atomic mass is 9.97. The summed E-state index contributed by atoms with van der Waals surface area (Å²) < 4.78 is 7.15. The second-order valence-electron chi connectivity index (χ2n) is 6.59. The van der Waals surface area contributed by atoms with E-state index in [0.29, 0.717) is 23.8 Å². The van der Waals surface area contributed by atoms with Crippen LogP contribution in [0.1, 0.15) is 40.7 Å². The third-order valence-electron chi connectivity index (χ3n) is 4.66. The highest BCUT2D eigenvalue weighted by atomic mass is 16.5. The maximum Gasteiger partial charge on any atom is 0.257 e. The molecule has 0 aromatic carbocycles. The highest BCUT2D eigenvalue weighted by molar-refractivity contribution is 5.95. The van der Waals surface area contributed by atoms with Crippen molar-refractivity contribution in [1.82, 2.24) is 29.8 Å². The Hall–Kier alpha value is -3.03. The van der Waals surface area contributed by atoms with Crippen LogP contribution in [0.4, 0.5) is 0 Å². The topological polar surface area (TPSA) is 89.9 Å². The summed E-state index contributed by atoms with van der Waals surface area (Å²) in [5.74, 6) is 1.15. The molecule has 0 radical (unpaired) electrons. The fourth-order valence-corrected chi connectivity index (χ4v) is 3.36. The predicted octanol–water partition coefficient (Wildman–Crippen LogP) is 2.19. The lowest BCUT2D eigenvalue weighted by Crippen LogP contribution is -2.39. The van der Waals surface area contributed by atoms with E-state index in [4.69, 9.17) is 4.52 Å². The summed E-state index contributed by atoms with van der Waals surface area (Å²) in [5, 5.41) is 8.33. The number of carbonyl (C=O) groups is 1. The summed E-state index contributed by atoms with van der Waals surface area (Å²) in [4.78, 5) is 23.3. The fraction of sp³-hybridized carbons (Fsp3) is 0.389. The van der Waals surface area contributed by atoms with Crippen molar-refractivity contribution in [2.24, 2.45) is 7.05 Å². The van der Waals surface area contributed by atoms with Crippen molar-refractivity contribution in [3.8, 4) is 11.4 Å². The van der Waals surface area contributed by atoms with E-state index in [1.807, 2.05) is 31.0 Å². The molecule has 0 bridgehead atoms. The number of aryl methyl sites for hydroxylation is 2. The lowest BCUT2D eigenvalue weighted by molar-refractivity contribution is 0.0695. The Morgan fingerprint density at radius 1 is 1.38 bits per heavy atom. The first-order chi connectivity index (χ1) is 12.6. The molecule has 8 heteroatoms. The molecule has 3 aromatic rings. The number of pyridine rings is 1. The molecule has 1 atom stereocenters. The van der Waals surface area contributed by atoms with Gasteiger partial charge in [0, 0.05) is 44.3 Å². The van der Waals surface area contributed by atoms with Crippen LogP contribution in [0.3, 0.4) is 0 Å². The normalized spacial score (nSPS) is 17.5. The van der Waals surface area contributed by atoms with Gasteiger partial charge < -0.3 is 9.42 Å². The first-order valence-electron chi connectivity index (χ1n) is 8.65. The van der Waals surface area contributed by atoms with E-state index < -0.39 is 0 Å². The Morgan fingerprint density at radius 2 is 2.27 bits per heavy atom. The molecule has 0 aliphatic carbocycles. The van der Waals surface area contributed by atoms with Gasteiger partial charge in [0.15, 0.2) is 0 Å². The van der Waals surface area contributed by atoms with Crippen LogP contribution in [-0.2, 0) is 7.05 Å². The summed E-state index contributed by atoms with van der Waals surface area (Å²) in [5.41, 5.74) is 2.21. The molecule has 134 valence electrons. The van der Waals surface area contributed by atoms with Gasteiger partial charge in [-0.3, -0.25) is 14.5 Å². The molecule has 1 saturated heterocycles. The number of piperidine rings is 1. The Labute approximate surface area is 150 Å². The van der Waals surface area contributed by atoms with Crippen molar-refractivity contribution in [3.63, 3.8) is 0 Å². The molecule has 3 aromatic heterocycles. The van der Waals surface area contributed by atoms with E-state index in [1.165, 1.54) is 0 Å². The number of rotatable bonds is 3. The number of likely N-dealkylation sites (tertiary alicyclic amines) is 1. The van der Waals surface area contributed by atoms with Gasteiger partial charge in [-0.25, -0.2) is 0 Å². The average molecular weight is 352 g/mol. The molecular weight excluding hydrogens is 332 g/mol. The smallest absolute Gasteiger partial charge is 0.257 e. The average Bonchev–Trinajstić information content (AvgIpc) is 3.28. The van der Waals surface area contributed by atoms with Crippen molar-refractivity contribution in [3.05, 3.63) is 47.9 Å². The molecule has 1 fully saturated rings. The zero-order valence-corrected chi connectivity index (χ0v) is 14.8. The number of nitrogens with zero attached hydrogens (tertiary/aromatic N) is 6. The molecule has 1 aliphatic heterocycles. The molecule has 1 amide bonds. The summed E-state index contributed by atoms with van der Waals surface area (Å²) in [6, 6.07) is 3.73. The maximum absolute atomic E-state index is 12.8. The van der Waals surface area contributed by atoms with E-state index in [1.54, 1.807) is 23.3 Å². The van der Waals surface area contributed by atoms with Crippen LogP contribution in [0.5, 0.6) is 0 Å². The monoisotopic (exact) mass is 352 g/mol. The highest BCUT2D eigenvalue weighted by Crippen LogP contribution is 2.28. The summed E-state index contributed by atoms with van der Waals surface area (Å²) >= 11 is 0. The van der Waals surface area contributed by atoms with Crippen LogP contribution < -0.4 is 0 Å². The molecule has 0 N–H and O–H groups in total. The Kier molecular flexibility index (Phi) is 4.24. The number of amides is 1. The number of hydrogen-bond donors (Lipinski definition) is 0. The molecule has 1 aliphatic rings. The number of carbonyl (C=O) groups excluding carboxylic acids is 1. The van der Waals surface area contributed by atoms with Crippen LogP contribution >= 0.6 is 0 Å². The SMILES string of the molecule is Cc1nn(C)cc1C(=O)N1CCC[C@@H](c2nc(-c3cccnc3)no2)C1. The van der Waals surface area contributed by atoms with Gasteiger partial charge in [-0.05, 0) is 31.9 Å². The standard InChI is InChI=1S/C18H20N6O2/c1-12-15(11-23(2)21-12)18(25)24-8-4-6-14(10-24)17-20-16(22-26-17)13-5-3-7-19-9-13/h3,5,7,9,11,14H,4,6,8,10H2,1-2H3/t14-/m1/s1. The minimum absolute atomic E-state index is 0.00676. The predicted molar refractivity (Wildman–Crippen MR) is 93.4 cm³/mol. The maximum atomic E-state index is 12.8. The zero-order valence-electron chi connectivity index (χ0n) is 14.8. The second-order valence-corrected chi connectivity index (χ2v) is 6.59. The first kappa shape index (κ1) is 16.4. The van der Waals surface area contributed by atoms with Crippen LogP contribution in [0.25, 0.3) is 11.4 Å². The third-order valence-corrected chi connectivity index (χ3v) is 4.66. The largest absolute Gasteiger partial charge is 0.339 e. The number of hydrogen-bond acceptors (Lipinski definition) is 6. The van der Waals surface area contributed by atoms with E-state index in [0.717, 1.165) is 30.6 Å². The summed E-state index contributed by atoms with van der Waals surface area (Å²) in [6.07, 6.45) is 7.01. The van der Waals surface area contributed by atoms with Gasteiger partial charge in [-0.2, -0.15) is 10.1 Å². The van der Waals surface area contributed by atoms with E-state index in [9.17, 15) is 4.79 Å². The first-order valence-corrected chi connectivity index (χ1v) is 8.65. The van der Waals surface area contributed by atoms with Gasteiger partial charge in [-0.15, -0.1) is 0 Å². The molecule has 4 heterocycles. The highest BCUT2D eigenvalue weighted by Gasteiger charge is 2.30. The van der Waals surface area contributed by atoms with Crippen molar-refractivity contribution in [1.29, 1.82) is 0 Å². The van der Waals surface area contributed by atoms with E-state index in [2.05, 4.69) is 20.2 Å². The van der Waals surface area contributed by atoms with Crippen LogP contribution in [0.15, 0.2) is 35.2 Å². The summed E-state index contributed by atoms with van der Waals surface area (Å²) in [7, 11) is 1.82. The van der Waals surface area contributed by atoms with Crippen molar-refractivity contribution in [2.45, 2.75) is 25.7 Å². The zero-order chi connectivity index (χ0) is 18.1. The Bertz CT molecular complexity index is 917. The van der Waals surface area contributed by atoms with Crippen molar-refractivity contribution < 1.29 is 9.32 Å². The third kappa shape index (κ3) is 3.10. The quantitative estimate of drug-likeness (QED) is 0.718. The second kappa shape index (κ2) is 6.70. The van der Waals surface area contributed by atoms with E-state index >= 15 is 0 Å². The lowest BCUT2D eigenvalue weighted by Gasteiger charge is -2.30. The van der Waals surface area contributed by atoms with Gasteiger partial charge in [-0.1, -0.05) is 5.16 Å². The molecule has 4 rings (SSSR count). The van der Waals surface area contributed by atoms with Crippen LogP contribution in [0, 0.1) is 6.92 Å². The Morgan fingerprint density at radius 3 is 3.00 bits per heavy atom. The molecule has 8 nitrogen and oxygen atoms in total. The van der Waals surface area contributed by atoms with Gasteiger partial charge in [0.25, 0.3) is 5.91 Å². The Balaban J connectivity index is 1.51.